The first-order valence-electron chi connectivity index (χ1n) is 10.2. The maximum absolute atomic E-state index is 12.5. The molecule has 2 aromatic rings. The standard InChI is InChI=1S/C21H25N3O6S/c1-2-3-14-24-20(26)11-10-18(22-24)21(27)30-15-19(25)16-6-8-17(9-7-16)31(28,29)23-12-4-5-13-23/h6-11H,2-5,12-15H2,1H3. The molecule has 0 N–H and O–H groups in total. The fourth-order valence-corrected chi connectivity index (χ4v) is 4.72. The van der Waals surface area contributed by atoms with E-state index >= 15 is 0 Å². The number of aromatic nitrogens is 2. The summed E-state index contributed by atoms with van der Waals surface area (Å²) in [4.78, 5) is 36.5. The van der Waals surface area contributed by atoms with Crippen molar-refractivity contribution in [3.05, 3.63) is 58.0 Å². The number of hydrogen-bond donors (Lipinski definition) is 0. The fourth-order valence-electron chi connectivity index (χ4n) is 3.20. The van der Waals surface area contributed by atoms with Crippen molar-refractivity contribution in [1.82, 2.24) is 14.1 Å². The molecule has 1 fully saturated rings. The Labute approximate surface area is 180 Å². The van der Waals surface area contributed by atoms with Gasteiger partial charge in [-0.1, -0.05) is 13.3 Å². The van der Waals surface area contributed by atoms with Crippen LogP contribution in [-0.2, 0) is 21.3 Å². The lowest BCUT2D eigenvalue weighted by atomic mass is 10.1. The zero-order chi connectivity index (χ0) is 22.4. The molecular formula is C21H25N3O6S. The van der Waals surface area contributed by atoms with Crippen molar-refractivity contribution in [3.63, 3.8) is 0 Å². The number of benzene rings is 1. The van der Waals surface area contributed by atoms with E-state index in [0.717, 1.165) is 25.7 Å². The van der Waals surface area contributed by atoms with Gasteiger partial charge in [-0.25, -0.2) is 17.9 Å². The number of ether oxygens (including phenoxy) is 1. The molecule has 1 saturated heterocycles. The van der Waals surface area contributed by atoms with Crippen LogP contribution in [0.3, 0.4) is 0 Å². The zero-order valence-electron chi connectivity index (χ0n) is 17.3. The van der Waals surface area contributed by atoms with Gasteiger partial charge >= 0.3 is 5.97 Å². The average molecular weight is 448 g/mol. The molecule has 0 radical (unpaired) electrons. The first-order chi connectivity index (χ1) is 14.8. The highest BCUT2D eigenvalue weighted by Gasteiger charge is 2.27. The largest absolute Gasteiger partial charge is 0.453 e. The number of aryl methyl sites for hydroxylation is 1. The molecule has 0 saturated carbocycles. The predicted octanol–water partition coefficient (Wildman–Crippen LogP) is 1.87. The quantitative estimate of drug-likeness (QED) is 0.426. The Morgan fingerprint density at radius 3 is 2.39 bits per heavy atom. The number of carbonyl (C=O) groups is 2. The van der Waals surface area contributed by atoms with Crippen LogP contribution in [-0.4, -0.2) is 54.0 Å². The molecule has 1 aliphatic rings. The first-order valence-corrected chi connectivity index (χ1v) is 11.7. The second kappa shape index (κ2) is 9.97. The van der Waals surface area contributed by atoms with Crippen molar-refractivity contribution < 1.29 is 22.7 Å². The van der Waals surface area contributed by atoms with Gasteiger partial charge in [0.05, 0.1) is 4.90 Å². The summed E-state index contributed by atoms with van der Waals surface area (Å²) in [6, 6.07) is 8.07. The van der Waals surface area contributed by atoms with Gasteiger partial charge in [-0.2, -0.15) is 9.40 Å². The summed E-state index contributed by atoms with van der Waals surface area (Å²) in [5, 5.41) is 3.98. The van der Waals surface area contributed by atoms with Gasteiger partial charge in [-0.3, -0.25) is 9.59 Å². The molecule has 0 atom stereocenters. The molecule has 1 aliphatic heterocycles. The smallest absolute Gasteiger partial charge is 0.359 e. The van der Waals surface area contributed by atoms with Gasteiger partial charge < -0.3 is 4.74 Å². The number of sulfonamides is 1. The van der Waals surface area contributed by atoms with Crippen LogP contribution in [0.1, 0.15) is 53.5 Å². The topological polar surface area (TPSA) is 116 Å². The highest BCUT2D eigenvalue weighted by molar-refractivity contribution is 7.89. The third-order valence-corrected chi connectivity index (χ3v) is 6.93. The second-order valence-corrected chi connectivity index (χ2v) is 9.21. The molecule has 31 heavy (non-hydrogen) atoms. The summed E-state index contributed by atoms with van der Waals surface area (Å²) in [5.74, 6) is -1.29. The van der Waals surface area contributed by atoms with E-state index in [1.165, 1.54) is 45.4 Å². The van der Waals surface area contributed by atoms with Gasteiger partial charge in [-0.05, 0) is 49.6 Å². The van der Waals surface area contributed by atoms with E-state index in [2.05, 4.69) is 5.10 Å². The number of Topliss-reactive ketones (excluding diaryl/α,β-unsaturated/α-hetero) is 1. The van der Waals surface area contributed by atoms with Crippen molar-refractivity contribution in [2.24, 2.45) is 0 Å². The van der Waals surface area contributed by atoms with E-state index in [0.29, 0.717) is 19.6 Å². The summed E-state index contributed by atoms with van der Waals surface area (Å²) in [6.07, 6.45) is 3.29. The van der Waals surface area contributed by atoms with E-state index in [4.69, 9.17) is 4.74 Å². The van der Waals surface area contributed by atoms with Crippen molar-refractivity contribution in [1.29, 1.82) is 0 Å². The van der Waals surface area contributed by atoms with Crippen LogP contribution < -0.4 is 5.56 Å². The van der Waals surface area contributed by atoms with Gasteiger partial charge in [0.25, 0.3) is 5.56 Å². The lowest BCUT2D eigenvalue weighted by Gasteiger charge is -2.15. The molecular weight excluding hydrogens is 422 g/mol. The number of ketones is 1. The molecule has 0 amide bonds. The lowest BCUT2D eigenvalue weighted by molar-refractivity contribution is 0.0466. The molecule has 2 heterocycles. The Morgan fingerprint density at radius 2 is 1.74 bits per heavy atom. The maximum atomic E-state index is 12.5. The zero-order valence-corrected chi connectivity index (χ0v) is 18.1. The van der Waals surface area contributed by atoms with Crippen LogP contribution in [0.15, 0.2) is 46.1 Å². The first kappa shape index (κ1) is 22.8. The predicted molar refractivity (Wildman–Crippen MR) is 112 cm³/mol. The van der Waals surface area contributed by atoms with Gasteiger partial charge in [0.1, 0.15) is 0 Å². The van der Waals surface area contributed by atoms with Gasteiger partial charge in [-0.15, -0.1) is 0 Å². The van der Waals surface area contributed by atoms with Crippen LogP contribution in [0.2, 0.25) is 0 Å². The van der Waals surface area contributed by atoms with Crippen LogP contribution in [0.5, 0.6) is 0 Å². The van der Waals surface area contributed by atoms with E-state index in [1.54, 1.807) is 0 Å². The number of unbranched alkanes of at least 4 members (excludes halogenated alkanes) is 1. The van der Waals surface area contributed by atoms with E-state index in [-0.39, 0.29) is 21.7 Å². The summed E-state index contributed by atoms with van der Waals surface area (Å²) in [7, 11) is -3.56. The highest BCUT2D eigenvalue weighted by atomic mass is 32.2. The number of esters is 1. The van der Waals surface area contributed by atoms with Crippen LogP contribution >= 0.6 is 0 Å². The normalized spacial score (nSPS) is 14.5. The maximum Gasteiger partial charge on any atom is 0.359 e. The number of carbonyl (C=O) groups excluding carboxylic acids is 2. The lowest BCUT2D eigenvalue weighted by Crippen LogP contribution is -2.27. The Balaban J connectivity index is 1.62. The molecule has 9 nitrogen and oxygen atoms in total. The third kappa shape index (κ3) is 5.45. The molecule has 0 unspecified atom stereocenters. The van der Waals surface area contributed by atoms with Crippen LogP contribution in [0, 0.1) is 0 Å². The Kier molecular flexibility index (Phi) is 7.34. The minimum absolute atomic E-state index is 0.0597. The summed E-state index contributed by atoms with van der Waals surface area (Å²) in [5.41, 5.74) is -0.144. The van der Waals surface area contributed by atoms with Gasteiger partial charge in [0.15, 0.2) is 18.1 Å². The highest BCUT2D eigenvalue weighted by Crippen LogP contribution is 2.21. The van der Waals surface area contributed by atoms with Crippen LogP contribution in [0.25, 0.3) is 0 Å². The molecule has 0 bridgehead atoms. The molecule has 1 aromatic carbocycles. The van der Waals surface area contributed by atoms with Gasteiger partial charge in [0, 0.05) is 31.3 Å². The Hall–Kier alpha value is -2.85. The van der Waals surface area contributed by atoms with E-state index in [9.17, 15) is 22.8 Å². The number of hydrogen-bond acceptors (Lipinski definition) is 7. The second-order valence-electron chi connectivity index (χ2n) is 7.27. The molecule has 3 rings (SSSR count). The third-order valence-electron chi connectivity index (χ3n) is 5.01. The Bertz CT molecular complexity index is 1100. The van der Waals surface area contributed by atoms with E-state index < -0.39 is 28.4 Å². The monoisotopic (exact) mass is 447 g/mol. The molecule has 1 aromatic heterocycles. The molecule has 0 spiro atoms. The van der Waals surface area contributed by atoms with Crippen LogP contribution in [0.4, 0.5) is 0 Å². The average Bonchev–Trinajstić information content (AvgIpc) is 3.32. The summed E-state index contributed by atoms with van der Waals surface area (Å²) in [6.45, 7) is 2.84. The minimum atomic E-state index is -3.56. The van der Waals surface area contributed by atoms with Crippen molar-refractivity contribution >= 4 is 21.8 Å². The molecule has 0 aliphatic carbocycles. The van der Waals surface area contributed by atoms with Crippen molar-refractivity contribution in [2.75, 3.05) is 19.7 Å². The number of nitrogens with zero attached hydrogens (tertiary/aromatic N) is 3. The minimum Gasteiger partial charge on any atom is -0.453 e. The SMILES string of the molecule is CCCCn1nc(C(=O)OCC(=O)c2ccc(S(=O)(=O)N3CCCC3)cc2)ccc1=O. The van der Waals surface area contributed by atoms with Crippen molar-refractivity contribution in [2.45, 2.75) is 44.0 Å². The van der Waals surface area contributed by atoms with E-state index in [1.807, 2.05) is 6.92 Å². The number of rotatable bonds is 9. The molecule has 166 valence electrons. The Morgan fingerprint density at radius 1 is 1.06 bits per heavy atom. The summed E-state index contributed by atoms with van der Waals surface area (Å²) < 4.78 is 32.7. The van der Waals surface area contributed by atoms with Gasteiger partial charge in [0.2, 0.25) is 10.0 Å². The summed E-state index contributed by atoms with van der Waals surface area (Å²) >= 11 is 0. The fraction of sp³-hybridized carbons (Fsp3) is 0.429. The molecule has 10 heteroatoms. The van der Waals surface area contributed by atoms with Crippen molar-refractivity contribution in [3.8, 4) is 0 Å².